The molecule has 2 N–H and O–H groups in total. The molecule has 5 atom stereocenters. The fourth-order valence-corrected chi connectivity index (χ4v) is 6.89. The van der Waals surface area contributed by atoms with Crippen LogP contribution < -0.4 is 0 Å². The highest BCUT2D eigenvalue weighted by Crippen LogP contribution is 2.60. The Bertz CT molecular complexity index is 806. The lowest BCUT2D eigenvalue weighted by Gasteiger charge is -2.45. The number of hydrogen-bond donors (Lipinski definition) is 2. The van der Waals surface area contributed by atoms with Gasteiger partial charge in [0, 0.05) is 23.8 Å². The van der Waals surface area contributed by atoms with Gasteiger partial charge in [-0.1, -0.05) is 81.9 Å². The first-order chi connectivity index (χ1) is 15.1. The van der Waals surface area contributed by atoms with Crippen LogP contribution in [0.1, 0.15) is 91.9 Å². The van der Waals surface area contributed by atoms with E-state index in [1.54, 1.807) is 0 Å². The highest BCUT2D eigenvalue weighted by atomic mass is 16.5. The third-order valence-electron chi connectivity index (χ3n) is 8.60. The van der Waals surface area contributed by atoms with Crippen molar-refractivity contribution < 1.29 is 10.2 Å². The molecule has 3 saturated carbocycles. The monoisotopic (exact) mass is 441 g/mol. The van der Waals surface area contributed by atoms with Crippen molar-refractivity contribution in [2.75, 3.05) is 0 Å². The van der Waals surface area contributed by atoms with Crippen LogP contribution in [0.4, 0.5) is 0 Å². The van der Waals surface area contributed by atoms with Crippen LogP contribution in [0.3, 0.4) is 0 Å². The molecule has 3 rings (SSSR count). The van der Waals surface area contributed by atoms with E-state index in [-0.39, 0.29) is 23.8 Å². The van der Waals surface area contributed by atoms with Crippen molar-refractivity contribution in [2.24, 2.45) is 34.2 Å². The summed E-state index contributed by atoms with van der Waals surface area (Å²) < 4.78 is 0. The van der Waals surface area contributed by atoms with Crippen LogP contribution in [0, 0.1) is 29.1 Å². The molecule has 1 unspecified atom stereocenters. The van der Waals surface area contributed by atoms with Crippen molar-refractivity contribution in [3.05, 3.63) is 45.9 Å². The molecule has 0 spiro atoms. The molecule has 5 heteroatoms. The second-order valence-corrected chi connectivity index (χ2v) is 11.4. The predicted octanol–water partition coefficient (Wildman–Crippen LogP) is 7.23. The van der Waals surface area contributed by atoms with Crippen LogP contribution in [0.2, 0.25) is 0 Å². The van der Waals surface area contributed by atoms with Crippen LogP contribution >= 0.6 is 0 Å². The number of rotatable bonds is 7. The van der Waals surface area contributed by atoms with E-state index in [9.17, 15) is 15.7 Å². The topological polar surface area (TPSA) is 89.2 Å². The molecule has 0 bridgehead atoms. The molecule has 3 aliphatic rings. The highest BCUT2D eigenvalue weighted by Gasteiger charge is 2.55. The molecule has 0 aromatic rings. The number of fused-ring (bicyclic) bond motifs is 1. The Hall–Kier alpha value is -1.55. The van der Waals surface area contributed by atoms with Gasteiger partial charge in [0.25, 0.3) is 0 Å². The summed E-state index contributed by atoms with van der Waals surface area (Å²) in [5.74, 6) is 0.573. The molecule has 0 heterocycles. The van der Waals surface area contributed by atoms with E-state index in [2.05, 4.69) is 56.5 Å². The maximum absolute atomic E-state index is 10.1. The number of azide groups is 1. The SMILES string of the molecule is C=C1CCC(O)(O)C/C1=C/C=C1\CCC[C@@]2(C)[C@H]1C(N=[N+]=[N-])C[C@@H]2[C@H](C)CCCC(C)C. The zero-order valence-corrected chi connectivity index (χ0v) is 20.6. The van der Waals surface area contributed by atoms with Gasteiger partial charge in [-0.2, -0.15) is 0 Å². The first kappa shape index (κ1) is 25.1. The maximum atomic E-state index is 10.1. The van der Waals surface area contributed by atoms with Crippen molar-refractivity contribution in [1.29, 1.82) is 0 Å². The summed E-state index contributed by atoms with van der Waals surface area (Å²) in [5, 5.41) is 24.5. The Labute approximate surface area is 194 Å². The van der Waals surface area contributed by atoms with Gasteiger partial charge >= 0.3 is 0 Å². The van der Waals surface area contributed by atoms with Crippen molar-refractivity contribution in [1.82, 2.24) is 0 Å². The van der Waals surface area contributed by atoms with Gasteiger partial charge in [-0.05, 0) is 72.3 Å². The first-order valence-corrected chi connectivity index (χ1v) is 12.6. The van der Waals surface area contributed by atoms with E-state index in [0.29, 0.717) is 24.7 Å². The van der Waals surface area contributed by atoms with Crippen molar-refractivity contribution >= 4 is 0 Å². The first-order valence-electron chi connectivity index (χ1n) is 12.6. The number of hydrogen-bond acceptors (Lipinski definition) is 3. The Kier molecular flexibility index (Phi) is 7.96. The molecule has 32 heavy (non-hydrogen) atoms. The third kappa shape index (κ3) is 5.50. The Morgan fingerprint density at radius 3 is 2.62 bits per heavy atom. The van der Waals surface area contributed by atoms with Crippen LogP contribution in [0.25, 0.3) is 10.4 Å². The Morgan fingerprint density at radius 2 is 1.94 bits per heavy atom. The van der Waals surface area contributed by atoms with Gasteiger partial charge in [0.15, 0.2) is 5.79 Å². The Morgan fingerprint density at radius 1 is 1.19 bits per heavy atom. The zero-order valence-electron chi connectivity index (χ0n) is 20.6. The molecule has 0 saturated heterocycles. The van der Waals surface area contributed by atoms with Gasteiger partial charge in [0.1, 0.15) is 0 Å². The summed E-state index contributed by atoms with van der Waals surface area (Å²) >= 11 is 0. The predicted molar refractivity (Wildman–Crippen MR) is 131 cm³/mol. The van der Waals surface area contributed by atoms with Gasteiger partial charge < -0.3 is 10.2 Å². The van der Waals surface area contributed by atoms with Gasteiger partial charge in [-0.15, -0.1) is 0 Å². The number of allylic oxidation sites excluding steroid dienone is 3. The lowest BCUT2D eigenvalue weighted by atomic mass is 9.60. The minimum absolute atomic E-state index is 0.0110. The lowest BCUT2D eigenvalue weighted by molar-refractivity contribution is -0.166. The molecule has 0 radical (unpaired) electrons. The highest BCUT2D eigenvalue weighted by molar-refractivity contribution is 5.37. The fraction of sp³-hybridized carbons (Fsp3) is 0.778. The van der Waals surface area contributed by atoms with Gasteiger partial charge in [-0.3, -0.25) is 0 Å². The van der Waals surface area contributed by atoms with E-state index in [4.69, 9.17) is 0 Å². The average molecular weight is 442 g/mol. The summed E-state index contributed by atoms with van der Waals surface area (Å²) in [5.41, 5.74) is 12.7. The van der Waals surface area contributed by atoms with Crippen molar-refractivity contribution in [2.45, 2.75) is 104 Å². The molecule has 3 aliphatic carbocycles. The molecule has 178 valence electrons. The summed E-state index contributed by atoms with van der Waals surface area (Å²) in [6.45, 7) is 13.6. The minimum Gasteiger partial charge on any atom is -0.365 e. The molecule has 0 aromatic carbocycles. The third-order valence-corrected chi connectivity index (χ3v) is 8.60. The lowest BCUT2D eigenvalue weighted by Crippen LogP contribution is -2.37. The van der Waals surface area contributed by atoms with E-state index < -0.39 is 5.79 Å². The zero-order chi connectivity index (χ0) is 23.5. The van der Waals surface area contributed by atoms with Crippen LogP contribution in [-0.4, -0.2) is 22.0 Å². The van der Waals surface area contributed by atoms with Crippen LogP contribution in [0.15, 0.2) is 40.6 Å². The summed E-state index contributed by atoms with van der Waals surface area (Å²) in [4.78, 5) is 3.24. The van der Waals surface area contributed by atoms with E-state index in [0.717, 1.165) is 36.3 Å². The Balaban J connectivity index is 1.86. The second-order valence-electron chi connectivity index (χ2n) is 11.4. The standard InChI is InChI=1S/C27H43N3O2/c1-18(2)8-6-9-20(4)23-16-24(29-30-28)25-21(10-7-14-26(23,25)5)11-12-22-17-27(31,32)15-13-19(22)3/h11-12,18,20,23-25,31-32H,3,6-10,13-17H2,1-2,4-5H3/b21-11+,22-12-/t20-,23-,24?,25-,26-/m1/s1. The largest absolute Gasteiger partial charge is 0.365 e. The minimum atomic E-state index is -1.63. The maximum Gasteiger partial charge on any atom is 0.166 e. The molecule has 0 amide bonds. The molecular weight excluding hydrogens is 398 g/mol. The summed E-state index contributed by atoms with van der Waals surface area (Å²) in [7, 11) is 0. The quantitative estimate of drug-likeness (QED) is 0.189. The number of aliphatic hydroxyl groups is 2. The summed E-state index contributed by atoms with van der Waals surface area (Å²) in [6, 6.07) is 0.0110. The van der Waals surface area contributed by atoms with E-state index in [1.807, 2.05) is 0 Å². The molecule has 0 aliphatic heterocycles. The van der Waals surface area contributed by atoms with E-state index in [1.165, 1.54) is 31.3 Å². The van der Waals surface area contributed by atoms with Gasteiger partial charge in [0.05, 0.1) is 0 Å². The van der Waals surface area contributed by atoms with Crippen molar-refractivity contribution in [3.63, 3.8) is 0 Å². The fourth-order valence-electron chi connectivity index (χ4n) is 6.89. The molecule has 5 nitrogen and oxygen atoms in total. The van der Waals surface area contributed by atoms with Gasteiger partial charge in [0.2, 0.25) is 0 Å². The molecule has 0 aromatic heterocycles. The normalized spacial score (nSPS) is 35.7. The van der Waals surface area contributed by atoms with E-state index >= 15 is 0 Å². The molecule has 3 fully saturated rings. The van der Waals surface area contributed by atoms with Crippen molar-refractivity contribution in [3.8, 4) is 0 Å². The molecular formula is C27H43N3O2. The average Bonchev–Trinajstić information content (AvgIpc) is 3.01. The second kappa shape index (κ2) is 10.2. The number of nitrogens with zero attached hydrogens (tertiary/aromatic N) is 3. The summed E-state index contributed by atoms with van der Waals surface area (Å²) in [6.07, 6.45) is 13.6. The van der Waals surface area contributed by atoms with Gasteiger partial charge in [-0.25, -0.2) is 0 Å². The smallest absolute Gasteiger partial charge is 0.166 e. The van der Waals surface area contributed by atoms with Crippen LogP contribution in [-0.2, 0) is 0 Å². The van der Waals surface area contributed by atoms with Crippen LogP contribution in [0.5, 0.6) is 0 Å².